The summed E-state index contributed by atoms with van der Waals surface area (Å²) in [5.41, 5.74) is 0.749. The van der Waals surface area contributed by atoms with Crippen LogP contribution in [-0.2, 0) is 0 Å². The van der Waals surface area contributed by atoms with Crippen molar-refractivity contribution < 1.29 is 14.2 Å². The largest absolute Gasteiger partial charge is 0.496 e. The average molecular weight is 247 g/mol. The Hall–Kier alpha value is -2.37. The van der Waals surface area contributed by atoms with Crippen molar-refractivity contribution in [2.24, 2.45) is 0 Å². The molecule has 0 aliphatic carbocycles. The van der Waals surface area contributed by atoms with E-state index in [2.05, 4.69) is 15.0 Å². The lowest BCUT2D eigenvalue weighted by atomic mass is 10.2. The van der Waals surface area contributed by atoms with Gasteiger partial charge in [-0.2, -0.15) is 9.97 Å². The number of methoxy groups -OCH3 is 3. The highest BCUT2D eigenvalue weighted by Crippen LogP contribution is 2.28. The molecule has 0 aliphatic heterocycles. The van der Waals surface area contributed by atoms with E-state index in [1.165, 1.54) is 14.2 Å². The number of para-hydroxylation sites is 1. The number of benzene rings is 1. The summed E-state index contributed by atoms with van der Waals surface area (Å²) in [7, 11) is 4.57. The van der Waals surface area contributed by atoms with E-state index in [1.807, 2.05) is 24.3 Å². The lowest BCUT2D eigenvalue weighted by Gasteiger charge is -2.08. The standard InChI is InChI=1S/C12H13N3O3/c1-16-9-7-5-4-6-8(9)10-13-11(17-2)15-12(14-10)18-3/h4-7H,1-3H3. The fraction of sp³-hybridized carbons (Fsp3) is 0.250. The first-order valence-electron chi connectivity index (χ1n) is 5.26. The van der Waals surface area contributed by atoms with Crippen LogP contribution in [0.4, 0.5) is 0 Å². The molecule has 0 amide bonds. The second-order valence-electron chi connectivity index (χ2n) is 3.33. The molecule has 2 rings (SSSR count). The third-order valence-corrected chi connectivity index (χ3v) is 2.31. The van der Waals surface area contributed by atoms with Crippen molar-refractivity contribution in [2.75, 3.05) is 21.3 Å². The first kappa shape index (κ1) is 12.1. The molecule has 1 heterocycles. The molecule has 2 aromatic rings. The van der Waals surface area contributed by atoms with Crippen LogP contribution in [0, 0.1) is 0 Å². The summed E-state index contributed by atoms with van der Waals surface area (Å²) in [6.45, 7) is 0. The Bertz CT molecular complexity index is 524. The molecule has 0 radical (unpaired) electrons. The van der Waals surface area contributed by atoms with Crippen molar-refractivity contribution in [2.45, 2.75) is 0 Å². The molecule has 6 nitrogen and oxygen atoms in total. The van der Waals surface area contributed by atoms with Crippen LogP contribution >= 0.6 is 0 Å². The number of aromatic nitrogens is 3. The van der Waals surface area contributed by atoms with Gasteiger partial charge in [0.2, 0.25) is 0 Å². The van der Waals surface area contributed by atoms with Crippen LogP contribution in [0.1, 0.15) is 0 Å². The van der Waals surface area contributed by atoms with Gasteiger partial charge >= 0.3 is 12.0 Å². The Morgan fingerprint density at radius 1 is 0.778 bits per heavy atom. The van der Waals surface area contributed by atoms with Crippen molar-refractivity contribution >= 4 is 0 Å². The molecule has 0 spiro atoms. The summed E-state index contributed by atoms with van der Waals surface area (Å²) in [5.74, 6) is 1.11. The Morgan fingerprint density at radius 2 is 1.39 bits per heavy atom. The van der Waals surface area contributed by atoms with Gasteiger partial charge in [0.1, 0.15) is 5.75 Å². The van der Waals surface area contributed by atoms with Gasteiger partial charge in [0.05, 0.1) is 26.9 Å². The number of rotatable bonds is 4. The van der Waals surface area contributed by atoms with Crippen molar-refractivity contribution in [3.63, 3.8) is 0 Å². The monoisotopic (exact) mass is 247 g/mol. The van der Waals surface area contributed by atoms with E-state index in [4.69, 9.17) is 14.2 Å². The Labute approximate surface area is 105 Å². The molecule has 0 fully saturated rings. The summed E-state index contributed by atoms with van der Waals surface area (Å²) in [6, 6.07) is 7.83. The normalized spacial score (nSPS) is 9.94. The molecule has 0 atom stereocenters. The number of ether oxygens (including phenoxy) is 3. The number of nitrogens with zero attached hydrogens (tertiary/aromatic N) is 3. The molecule has 0 bridgehead atoms. The molecule has 0 saturated carbocycles. The minimum absolute atomic E-state index is 0.197. The summed E-state index contributed by atoms with van der Waals surface area (Å²) in [4.78, 5) is 12.3. The predicted molar refractivity (Wildman–Crippen MR) is 64.9 cm³/mol. The quantitative estimate of drug-likeness (QED) is 0.816. The first-order valence-corrected chi connectivity index (χ1v) is 5.26. The lowest BCUT2D eigenvalue weighted by molar-refractivity contribution is 0.340. The van der Waals surface area contributed by atoms with Crippen LogP contribution in [0.2, 0.25) is 0 Å². The predicted octanol–water partition coefficient (Wildman–Crippen LogP) is 1.56. The van der Waals surface area contributed by atoms with Gasteiger partial charge in [-0.3, -0.25) is 0 Å². The zero-order chi connectivity index (χ0) is 13.0. The minimum Gasteiger partial charge on any atom is -0.496 e. The van der Waals surface area contributed by atoms with E-state index < -0.39 is 0 Å². The van der Waals surface area contributed by atoms with Gasteiger partial charge in [0.25, 0.3) is 0 Å². The van der Waals surface area contributed by atoms with E-state index in [1.54, 1.807) is 7.11 Å². The molecular weight excluding hydrogens is 234 g/mol. The maximum atomic E-state index is 5.26. The third kappa shape index (κ3) is 2.32. The zero-order valence-corrected chi connectivity index (χ0v) is 10.4. The second-order valence-corrected chi connectivity index (χ2v) is 3.33. The zero-order valence-electron chi connectivity index (χ0n) is 10.4. The highest BCUT2D eigenvalue weighted by molar-refractivity contribution is 5.64. The smallest absolute Gasteiger partial charge is 0.322 e. The topological polar surface area (TPSA) is 66.4 Å². The average Bonchev–Trinajstić information content (AvgIpc) is 2.46. The van der Waals surface area contributed by atoms with Gasteiger partial charge in [-0.05, 0) is 12.1 Å². The second kappa shape index (κ2) is 5.31. The van der Waals surface area contributed by atoms with E-state index in [0.717, 1.165) is 5.56 Å². The van der Waals surface area contributed by atoms with Gasteiger partial charge in [-0.25, -0.2) is 0 Å². The van der Waals surface area contributed by atoms with Crippen molar-refractivity contribution in [1.82, 2.24) is 15.0 Å². The summed E-state index contributed by atoms with van der Waals surface area (Å²) in [5, 5.41) is 0. The molecule has 0 N–H and O–H groups in total. The van der Waals surface area contributed by atoms with Crippen LogP contribution in [0.3, 0.4) is 0 Å². The van der Waals surface area contributed by atoms with Gasteiger partial charge in [-0.15, -0.1) is 4.98 Å². The van der Waals surface area contributed by atoms with Crippen LogP contribution < -0.4 is 14.2 Å². The Balaban J connectivity index is 2.55. The SMILES string of the molecule is COc1nc(OC)nc(-c2ccccc2OC)n1. The van der Waals surface area contributed by atoms with Crippen LogP contribution in [0.15, 0.2) is 24.3 Å². The van der Waals surface area contributed by atoms with E-state index in [0.29, 0.717) is 11.6 Å². The number of hydrogen-bond acceptors (Lipinski definition) is 6. The molecule has 0 unspecified atom stereocenters. The lowest BCUT2D eigenvalue weighted by Crippen LogP contribution is -2.01. The van der Waals surface area contributed by atoms with E-state index in [9.17, 15) is 0 Å². The fourth-order valence-corrected chi connectivity index (χ4v) is 1.47. The van der Waals surface area contributed by atoms with Gasteiger partial charge in [0, 0.05) is 0 Å². The molecular formula is C12H13N3O3. The number of hydrogen-bond donors (Lipinski definition) is 0. The van der Waals surface area contributed by atoms with Gasteiger partial charge in [-0.1, -0.05) is 12.1 Å². The maximum Gasteiger partial charge on any atom is 0.322 e. The maximum absolute atomic E-state index is 5.26. The minimum atomic E-state index is 0.197. The highest BCUT2D eigenvalue weighted by atomic mass is 16.5. The van der Waals surface area contributed by atoms with Crippen molar-refractivity contribution in [3.05, 3.63) is 24.3 Å². The summed E-state index contributed by atoms with van der Waals surface area (Å²) in [6.07, 6.45) is 0. The van der Waals surface area contributed by atoms with Gasteiger partial charge in [0.15, 0.2) is 5.82 Å². The molecule has 6 heteroatoms. The highest BCUT2D eigenvalue weighted by Gasteiger charge is 2.12. The van der Waals surface area contributed by atoms with E-state index >= 15 is 0 Å². The molecule has 18 heavy (non-hydrogen) atoms. The fourth-order valence-electron chi connectivity index (χ4n) is 1.47. The van der Waals surface area contributed by atoms with E-state index in [-0.39, 0.29) is 12.0 Å². The molecule has 94 valence electrons. The third-order valence-electron chi connectivity index (χ3n) is 2.31. The van der Waals surface area contributed by atoms with Crippen molar-refractivity contribution in [3.8, 4) is 29.2 Å². The first-order chi connectivity index (χ1) is 8.78. The molecule has 1 aromatic carbocycles. The summed E-state index contributed by atoms with van der Waals surface area (Å²) < 4.78 is 15.3. The van der Waals surface area contributed by atoms with Crippen LogP contribution in [0.5, 0.6) is 17.8 Å². The van der Waals surface area contributed by atoms with Gasteiger partial charge < -0.3 is 14.2 Å². The molecule has 1 aromatic heterocycles. The summed E-state index contributed by atoms with van der Waals surface area (Å²) >= 11 is 0. The molecule has 0 saturated heterocycles. The molecule has 0 aliphatic rings. The van der Waals surface area contributed by atoms with Crippen LogP contribution in [0.25, 0.3) is 11.4 Å². The van der Waals surface area contributed by atoms with Crippen LogP contribution in [-0.4, -0.2) is 36.3 Å². The Morgan fingerprint density at radius 3 is 1.94 bits per heavy atom. The van der Waals surface area contributed by atoms with Crippen molar-refractivity contribution in [1.29, 1.82) is 0 Å². The Kier molecular flexibility index (Phi) is 3.57.